The van der Waals surface area contributed by atoms with Crippen molar-refractivity contribution in [3.8, 4) is 0 Å². The van der Waals surface area contributed by atoms with E-state index in [9.17, 15) is 4.79 Å². The van der Waals surface area contributed by atoms with E-state index in [0.717, 1.165) is 36.3 Å². The Hall–Kier alpha value is -2.17. The lowest BCUT2D eigenvalue weighted by Gasteiger charge is -2.29. The number of carbonyl (C=O) groups is 1. The molecule has 4 nitrogen and oxygen atoms in total. The number of para-hydroxylation sites is 1. The van der Waals surface area contributed by atoms with Crippen LogP contribution in [0.2, 0.25) is 0 Å². The first-order valence-electron chi connectivity index (χ1n) is 10.0. The Bertz CT molecular complexity index is 786. The number of methoxy groups -OCH3 is 1. The van der Waals surface area contributed by atoms with Gasteiger partial charge in [0.15, 0.2) is 5.60 Å². The fraction of sp³-hybridized carbons (Fsp3) is 0.435. The molecule has 0 N–H and O–H groups in total. The number of rotatable bonds is 6. The van der Waals surface area contributed by atoms with E-state index in [1.54, 1.807) is 7.11 Å². The van der Waals surface area contributed by atoms with Crippen LogP contribution in [0.25, 0.3) is 0 Å². The number of anilines is 1. The number of benzene rings is 2. The molecule has 0 bridgehead atoms. The minimum Gasteiger partial charge on any atom is -0.359 e. The van der Waals surface area contributed by atoms with Crippen LogP contribution in [0.4, 0.5) is 5.69 Å². The van der Waals surface area contributed by atoms with Gasteiger partial charge < -0.3 is 14.5 Å². The normalized spacial score (nSPS) is 22.9. The molecule has 0 radical (unpaired) electrons. The number of hydrogen-bond acceptors (Lipinski definition) is 3. The summed E-state index contributed by atoms with van der Waals surface area (Å²) in [5.74, 6) is 0.0241. The van der Waals surface area contributed by atoms with E-state index < -0.39 is 5.60 Å². The fourth-order valence-electron chi connectivity index (χ4n) is 4.55. The van der Waals surface area contributed by atoms with Gasteiger partial charge in [-0.25, -0.2) is 0 Å². The predicted molar refractivity (Wildman–Crippen MR) is 108 cm³/mol. The van der Waals surface area contributed by atoms with Crippen molar-refractivity contribution in [1.82, 2.24) is 4.90 Å². The maximum Gasteiger partial charge on any atom is 0.268 e. The largest absolute Gasteiger partial charge is 0.359 e. The Morgan fingerprint density at radius 2 is 1.63 bits per heavy atom. The zero-order chi connectivity index (χ0) is 18.7. The van der Waals surface area contributed by atoms with E-state index in [4.69, 9.17) is 4.74 Å². The molecule has 4 rings (SSSR count). The van der Waals surface area contributed by atoms with Crippen LogP contribution in [0.5, 0.6) is 0 Å². The minimum absolute atomic E-state index is 0.0241. The molecule has 2 heterocycles. The van der Waals surface area contributed by atoms with Crippen molar-refractivity contribution in [3.63, 3.8) is 0 Å². The van der Waals surface area contributed by atoms with E-state index in [0.29, 0.717) is 0 Å². The number of likely N-dealkylation sites (tertiary alicyclic amines) is 1. The Labute approximate surface area is 161 Å². The van der Waals surface area contributed by atoms with Gasteiger partial charge in [0, 0.05) is 19.2 Å². The number of fused-ring (bicyclic) bond motifs is 1. The second-order valence-corrected chi connectivity index (χ2v) is 7.48. The first kappa shape index (κ1) is 18.2. The average molecular weight is 364 g/mol. The fourth-order valence-corrected chi connectivity index (χ4v) is 4.55. The number of ether oxygens (including phenoxy) is 1. The van der Waals surface area contributed by atoms with Gasteiger partial charge in [-0.1, -0.05) is 55.0 Å². The molecular formula is C23H28N2O2. The molecule has 0 saturated carbocycles. The van der Waals surface area contributed by atoms with Gasteiger partial charge in [0.2, 0.25) is 0 Å². The molecule has 1 amide bonds. The quantitative estimate of drug-likeness (QED) is 0.782. The number of hydrogen-bond donors (Lipinski definition) is 0. The van der Waals surface area contributed by atoms with Gasteiger partial charge in [-0.15, -0.1) is 0 Å². The summed E-state index contributed by atoms with van der Waals surface area (Å²) in [5.41, 5.74) is 1.78. The van der Waals surface area contributed by atoms with Crippen LogP contribution >= 0.6 is 0 Å². The van der Waals surface area contributed by atoms with Crippen LogP contribution in [0, 0.1) is 0 Å². The average Bonchev–Trinajstić information content (AvgIpc) is 2.98. The summed E-state index contributed by atoms with van der Waals surface area (Å²) in [6.45, 7) is 4.16. The van der Waals surface area contributed by atoms with Crippen molar-refractivity contribution in [3.05, 3.63) is 65.7 Å². The topological polar surface area (TPSA) is 32.8 Å². The molecule has 2 aliphatic rings. The zero-order valence-corrected chi connectivity index (χ0v) is 16.1. The van der Waals surface area contributed by atoms with E-state index in [-0.39, 0.29) is 5.91 Å². The lowest BCUT2D eigenvalue weighted by molar-refractivity contribution is -0.135. The van der Waals surface area contributed by atoms with Crippen LogP contribution in [-0.2, 0) is 15.1 Å². The molecule has 1 unspecified atom stereocenters. The van der Waals surface area contributed by atoms with E-state index in [1.165, 1.54) is 32.4 Å². The Morgan fingerprint density at radius 1 is 0.926 bits per heavy atom. The maximum absolute atomic E-state index is 13.6. The molecule has 4 heteroatoms. The van der Waals surface area contributed by atoms with Crippen molar-refractivity contribution in [2.24, 2.45) is 0 Å². The van der Waals surface area contributed by atoms with Gasteiger partial charge in [-0.2, -0.15) is 0 Å². The highest BCUT2D eigenvalue weighted by Gasteiger charge is 2.52. The zero-order valence-electron chi connectivity index (χ0n) is 16.1. The minimum atomic E-state index is -1.04. The summed E-state index contributed by atoms with van der Waals surface area (Å²) in [6, 6.07) is 17.9. The van der Waals surface area contributed by atoms with E-state index in [2.05, 4.69) is 4.90 Å². The van der Waals surface area contributed by atoms with Gasteiger partial charge in [-0.05, 0) is 50.5 Å². The van der Waals surface area contributed by atoms with Crippen molar-refractivity contribution in [2.45, 2.75) is 31.3 Å². The van der Waals surface area contributed by atoms with Crippen LogP contribution in [0.15, 0.2) is 54.6 Å². The van der Waals surface area contributed by atoms with E-state index >= 15 is 0 Å². The predicted octanol–water partition coefficient (Wildman–Crippen LogP) is 3.80. The highest BCUT2D eigenvalue weighted by Crippen LogP contribution is 2.46. The lowest BCUT2D eigenvalue weighted by Crippen LogP contribution is -2.43. The van der Waals surface area contributed by atoms with Crippen molar-refractivity contribution >= 4 is 11.6 Å². The monoisotopic (exact) mass is 364 g/mol. The van der Waals surface area contributed by atoms with Crippen molar-refractivity contribution < 1.29 is 9.53 Å². The van der Waals surface area contributed by atoms with Gasteiger partial charge in [0.1, 0.15) is 0 Å². The van der Waals surface area contributed by atoms with E-state index in [1.807, 2.05) is 59.5 Å². The molecule has 2 aromatic carbocycles. The number of carbonyl (C=O) groups excluding carboxylic acids is 1. The highest BCUT2D eigenvalue weighted by atomic mass is 16.5. The van der Waals surface area contributed by atoms with Crippen LogP contribution in [-0.4, -0.2) is 44.1 Å². The molecule has 0 spiro atoms. The Balaban J connectivity index is 1.59. The van der Waals surface area contributed by atoms with Gasteiger partial charge >= 0.3 is 0 Å². The summed E-state index contributed by atoms with van der Waals surface area (Å²) in [6.07, 6.45) is 4.93. The summed E-state index contributed by atoms with van der Waals surface area (Å²) >= 11 is 0. The third kappa shape index (κ3) is 3.17. The lowest BCUT2D eigenvalue weighted by atomic mass is 9.87. The highest BCUT2D eigenvalue weighted by molar-refractivity contribution is 6.09. The second kappa shape index (κ2) is 7.83. The van der Waals surface area contributed by atoms with Crippen LogP contribution < -0.4 is 4.90 Å². The van der Waals surface area contributed by atoms with Gasteiger partial charge in [0.05, 0.1) is 5.69 Å². The summed E-state index contributed by atoms with van der Waals surface area (Å²) in [5, 5.41) is 0. The maximum atomic E-state index is 13.6. The van der Waals surface area contributed by atoms with Crippen molar-refractivity contribution in [2.75, 3.05) is 38.2 Å². The molecular weight excluding hydrogens is 336 g/mol. The molecule has 2 aromatic rings. The molecule has 142 valence electrons. The van der Waals surface area contributed by atoms with Gasteiger partial charge in [-0.3, -0.25) is 4.79 Å². The molecule has 1 saturated heterocycles. The molecule has 1 atom stereocenters. The Morgan fingerprint density at radius 3 is 2.37 bits per heavy atom. The standard InChI is InChI=1S/C23H28N2O2/c1-27-23(19-11-4-2-5-12-19)20-13-6-7-14-21(20)25(22(23)26)18-10-17-24-15-8-3-9-16-24/h2,4-7,11-14H,3,8-10,15-18H2,1H3. The van der Waals surface area contributed by atoms with Crippen molar-refractivity contribution in [1.29, 1.82) is 0 Å². The SMILES string of the molecule is COC1(c2ccccc2)C(=O)N(CCCN2CCCCC2)c2ccccc21. The molecule has 0 aromatic heterocycles. The summed E-state index contributed by atoms with van der Waals surface area (Å²) in [7, 11) is 1.64. The third-order valence-corrected chi connectivity index (χ3v) is 5.91. The summed E-state index contributed by atoms with van der Waals surface area (Å²) in [4.78, 5) is 18.0. The molecule has 27 heavy (non-hydrogen) atoms. The number of piperidine rings is 1. The Kier molecular flexibility index (Phi) is 5.28. The number of amides is 1. The first-order chi connectivity index (χ1) is 13.3. The molecule has 0 aliphatic carbocycles. The second-order valence-electron chi connectivity index (χ2n) is 7.48. The summed E-state index contributed by atoms with van der Waals surface area (Å²) < 4.78 is 5.95. The number of nitrogens with zero attached hydrogens (tertiary/aromatic N) is 2. The van der Waals surface area contributed by atoms with Crippen LogP contribution in [0.3, 0.4) is 0 Å². The molecule has 2 aliphatic heterocycles. The molecule has 1 fully saturated rings. The first-order valence-corrected chi connectivity index (χ1v) is 10.0. The van der Waals surface area contributed by atoms with Crippen LogP contribution in [0.1, 0.15) is 36.8 Å². The third-order valence-electron chi connectivity index (χ3n) is 5.91. The smallest absolute Gasteiger partial charge is 0.268 e. The van der Waals surface area contributed by atoms with Gasteiger partial charge in [0.25, 0.3) is 5.91 Å².